The normalized spacial score (nSPS) is 11.6. The van der Waals surface area contributed by atoms with Gasteiger partial charge in [-0.15, -0.1) is 0 Å². The van der Waals surface area contributed by atoms with Gasteiger partial charge in [0, 0.05) is 29.9 Å². The third-order valence-electron chi connectivity index (χ3n) is 6.06. The largest absolute Gasteiger partial charge is 0.489 e. The van der Waals surface area contributed by atoms with Crippen LogP contribution < -0.4 is 15.2 Å². The molecular weight excluding hydrogens is 476 g/mol. The number of ether oxygens (including phenoxy) is 2. The standard InChI is InChI=1S/C32H36N2O4/c1-22(2)20-34-29(33(6)31(36)38-32(3,4)5)28(24-15-11-8-12-16-24)27-19-25(17-18-26(27)30(34)35)37-21-23-13-9-7-10-14-23/h7-19,22H,20-21H2,1-6H3. The number of aromatic nitrogens is 1. The van der Waals surface area contributed by atoms with Crippen molar-refractivity contribution in [2.75, 3.05) is 11.9 Å². The number of hydrogen-bond donors (Lipinski definition) is 0. The lowest BCUT2D eigenvalue weighted by molar-refractivity contribution is 0.0587. The van der Waals surface area contributed by atoms with Crippen molar-refractivity contribution in [2.24, 2.45) is 5.92 Å². The quantitative estimate of drug-likeness (QED) is 0.261. The third kappa shape index (κ3) is 6.08. The number of hydrogen-bond acceptors (Lipinski definition) is 4. The summed E-state index contributed by atoms with van der Waals surface area (Å²) in [6.07, 6.45) is -0.526. The second-order valence-corrected chi connectivity index (χ2v) is 10.9. The van der Waals surface area contributed by atoms with Gasteiger partial charge >= 0.3 is 6.09 Å². The summed E-state index contributed by atoms with van der Waals surface area (Å²) in [6, 6.07) is 25.3. The molecule has 198 valence electrons. The molecule has 1 aromatic heterocycles. The first kappa shape index (κ1) is 27.0. The van der Waals surface area contributed by atoms with E-state index in [1.165, 1.54) is 4.90 Å². The van der Waals surface area contributed by atoms with Crippen molar-refractivity contribution in [2.45, 2.75) is 53.4 Å². The van der Waals surface area contributed by atoms with Gasteiger partial charge in [-0.25, -0.2) is 4.79 Å². The van der Waals surface area contributed by atoms with Crippen LogP contribution in [0.4, 0.5) is 10.6 Å². The highest BCUT2D eigenvalue weighted by Gasteiger charge is 2.28. The summed E-state index contributed by atoms with van der Waals surface area (Å²) in [5.41, 5.74) is 1.87. The molecule has 6 heteroatoms. The monoisotopic (exact) mass is 512 g/mol. The predicted octanol–water partition coefficient (Wildman–Crippen LogP) is 7.27. The summed E-state index contributed by atoms with van der Waals surface area (Å²) in [4.78, 5) is 28.7. The Labute approximate surface area is 224 Å². The fourth-order valence-electron chi connectivity index (χ4n) is 4.43. The molecule has 0 N–H and O–H groups in total. The van der Waals surface area contributed by atoms with E-state index in [4.69, 9.17) is 9.47 Å². The Morgan fingerprint density at radius 1 is 0.921 bits per heavy atom. The summed E-state index contributed by atoms with van der Waals surface area (Å²) in [5.74, 6) is 1.32. The number of pyridine rings is 1. The number of fused-ring (bicyclic) bond motifs is 1. The van der Waals surface area contributed by atoms with E-state index in [1.54, 1.807) is 11.6 Å². The summed E-state index contributed by atoms with van der Waals surface area (Å²) in [6.45, 7) is 10.4. The van der Waals surface area contributed by atoms with Crippen LogP contribution in [0.1, 0.15) is 40.2 Å². The molecular formula is C32H36N2O4. The van der Waals surface area contributed by atoms with Crippen molar-refractivity contribution in [3.63, 3.8) is 0 Å². The van der Waals surface area contributed by atoms with E-state index >= 15 is 0 Å². The van der Waals surface area contributed by atoms with Gasteiger partial charge in [-0.3, -0.25) is 14.3 Å². The maximum Gasteiger partial charge on any atom is 0.415 e. The molecule has 0 unspecified atom stereocenters. The number of amides is 1. The Morgan fingerprint density at radius 3 is 2.16 bits per heavy atom. The van der Waals surface area contributed by atoms with Gasteiger partial charge in [0.15, 0.2) is 0 Å². The van der Waals surface area contributed by atoms with E-state index in [2.05, 4.69) is 13.8 Å². The van der Waals surface area contributed by atoms with Crippen molar-refractivity contribution in [3.05, 3.63) is 94.8 Å². The zero-order chi connectivity index (χ0) is 27.4. The molecule has 4 aromatic rings. The molecule has 0 fully saturated rings. The Hall–Kier alpha value is -4.06. The second-order valence-electron chi connectivity index (χ2n) is 10.9. The van der Waals surface area contributed by atoms with Gasteiger partial charge in [0.1, 0.15) is 23.8 Å². The molecule has 0 saturated carbocycles. The summed E-state index contributed by atoms with van der Waals surface area (Å²) in [5, 5.41) is 1.29. The smallest absolute Gasteiger partial charge is 0.415 e. The van der Waals surface area contributed by atoms with E-state index < -0.39 is 11.7 Å². The number of benzene rings is 3. The molecule has 0 aliphatic carbocycles. The average Bonchev–Trinajstić information content (AvgIpc) is 2.88. The van der Waals surface area contributed by atoms with Gasteiger partial charge in [-0.05, 0) is 56.0 Å². The molecule has 1 heterocycles. The van der Waals surface area contributed by atoms with Crippen LogP contribution in [0.2, 0.25) is 0 Å². The highest BCUT2D eigenvalue weighted by molar-refractivity contribution is 6.05. The predicted molar refractivity (Wildman–Crippen MR) is 154 cm³/mol. The first-order chi connectivity index (χ1) is 18.0. The number of carbonyl (C=O) groups is 1. The van der Waals surface area contributed by atoms with Gasteiger partial charge in [-0.2, -0.15) is 0 Å². The van der Waals surface area contributed by atoms with Crippen molar-refractivity contribution >= 4 is 22.7 Å². The lowest BCUT2D eigenvalue weighted by Gasteiger charge is -2.29. The summed E-state index contributed by atoms with van der Waals surface area (Å²) < 4.78 is 13.5. The Morgan fingerprint density at radius 2 is 1.55 bits per heavy atom. The summed E-state index contributed by atoms with van der Waals surface area (Å²) in [7, 11) is 1.66. The molecule has 4 rings (SSSR count). The first-order valence-electron chi connectivity index (χ1n) is 12.9. The van der Waals surface area contributed by atoms with Gasteiger partial charge in [0.25, 0.3) is 5.56 Å². The van der Waals surface area contributed by atoms with Crippen LogP contribution in [-0.2, 0) is 17.9 Å². The van der Waals surface area contributed by atoms with Gasteiger partial charge in [0.2, 0.25) is 0 Å². The van der Waals surface area contributed by atoms with E-state index in [-0.39, 0.29) is 11.5 Å². The minimum Gasteiger partial charge on any atom is -0.489 e. The molecule has 38 heavy (non-hydrogen) atoms. The van der Waals surface area contributed by atoms with Gasteiger partial charge in [0.05, 0.1) is 0 Å². The Kier molecular flexibility index (Phi) is 7.91. The van der Waals surface area contributed by atoms with Crippen LogP contribution >= 0.6 is 0 Å². The number of rotatable bonds is 7. The zero-order valence-electron chi connectivity index (χ0n) is 23.0. The highest BCUT2D eigenvalue weighted by atomic mass is 16.6. The van der Waals surface area contributed by atoms with Crippen LogP contribution in [0.5, 0.6) is 5.75 Å². The maximum atomic E-state index is 13.9. The van der Waals surface area contributed by atoms with Crippen molar-refractivity contribution in [1.29, 1.82) is 0 Å². The Balaban J connectivity index is 1.96. The minimum absolute atomic E-state index is 0.159. The topological polar surface area (TPSA) is 60.8 Å². The van der Waals surface area contributed by atoms with Crippen molar-refractivity contribution in [1.82, 2.24) is 4.57 Å². The molecule has 0 aliphatic heterocycles. The second kappa shape index (κ2) is 11.1. The molecule has 0 spiro atoms. The number of carbonyl (C=O) groups excluding carboxylic acids is 1. The lowest BCUT2D eigenvalue weighted by atomic mass is 9.98. The molecule has 0 saturated heterocycles. The fourth-order valence-corrected chi connectivity index (χ4v) is 4.43. The van der Waals surface area contributed by atoms with E-state index in [0.717, 1.165) is 22.1 Å². The van der Waals surface area contributed by atoms with Crippen LogP contribution in [-0.4, -0.2) is 23.3 Å². The van der Waals surface area contributed by atoms with Crippen molar-refractivity contribution in [3.8, 4) is 16.9 Å². The van der Waals surface area contributed by atoms with E-state index in [9.17, 15) is 9.59 Å². The third-order valence-corrected chi connectivity index (χ3v) is 6.06. The Bertz CT molecular complexity index is 1470. The molecule has 0 radical (unpaired) electrons. The summed E-state index contributed by atoms with van der Waals surface area (Å²) >= 11 is 0. The molecule has 0 bridgehead atoms. The van der Waals surface area contributed by atoms with Crippen LogP contribution in [0.25, 0.3) is 21.9 Å². The molecule has 3 aromatic carbocycles. The van der Waals surface area contributed by atoms with Crippen molar-refractivity contribution < 1.29 is 14.3 Å². The first-order valence-corrected chi connectivity index (χ1v) is 12.9. The molecule has 0 atom stereocenters. The lowest BCUT2D eigenvalue weighted by Crippen LogP contribution is -2.38. The minimum atomic E-state index is -0.684. The number of anilines is 1. The average molecular weight is 513 g/mol. The highest BCUT2D eigenvalue weighted by Crippen LogP contribution is 2.38. The molecule has 1 amide bonds. The number of nitrogens with zero attached hydrogens (tertiary/aromatic N) is 2. The fraction of sp³-hybridized carbons (Fsp3) is 0.312. The van der Waals surface area contributed by atoms with Crippen LogP contribution in [0.15, 0.2) is 83.7 Å². The zero-order valence-corrected chi connectivity index (χ0v) is 23.0. The molecule has 6 nitrogen and oxygen atoms in total. The van der Waals surface area contributed by atoms with E-state index in [1.807, 2.05) is 99.6 Å². The molecule has 0 aliphatic rings. The maximum absolute atomic E-state index is 13.9. The van der Waals surface area contributed by atoms with Crippen LogP contribution in [0.3, 0.4) is 0 Å². The van der Waals surface area contributed by atoms with E-state index in [0.29, 0.717) is 30.1 Å². The van der Waals surface area contributed by atoms with Gasteiger partial charge < -0.3 is 9.47 Å². The van der Waals surface area contributed by atoms with Gasteiger partial charge in [-0.1, -0.05) is 74.5 Å². The van der Waals surface area contributed by atoms with Crippen LogP contribution in [0, 0.1) is 5.92 Å². The SMILES string of the molecule is CC(C)Cn1c(N(C)C(=O)OC(C)(C)C)c(-c2ccccc2)c2cc(OCc3ccccc3)ccc2c1=O.